The lowest BCUT2D eigenvalue weighted by Gasteiger charge is -2.37. The lowest BCUT2D eigenvalue weighted by Crippen LogP contribution is -2.34. The van der Waals surface area contributed by atoms with Crippen molar-refractivity contribution in [3.05, 3.63) is 12.2 Å². The SMILES string of the molecule is CC1CCC2(C)C(=O)C=CC2C1. The molecule has 2 rings (SSSR count). The van der Waals surface area contributed by atoms with Crippen molar-refractivity contribution in [3.8, 4) is 0 Å². The molecule has 0 aromatic carbocycles. The maximum atomic E-state index is 11.6. The van der Waals surface area contributed by atoms with Crippen molar-refractivity contribution < 1.29 is 4.79 Å². The van der Waals surface area contributed by atoms with E-state index in [9.17, 15) is 4.79 Å². The summed E-state index contributed by atoms with van der Waals surface area (Å²) in [4.78, 5) is 11.6. The molecule has 1 saturated carbocycles. The fourth-order valence-electron chi connectivity index (χ4n) is 2.53. The minimum absolute atomic E-state index is 0.0213. The third-order valence-electron chi connectivity index (χ3n) is 3.67. The predicted molar refractivity (Wildman–Crippen MR) is 48.8 cm³/mol. The number of fused-ring (bicyclic) bond motifs is 1. The van der Waals surface area contributed by atoms with Gasteiger partial charge < -0.3 is 0 Å². The van der Waals surface area contributed by atoms with E-state index in [0.29, 0.717) is 11.7 Å². The number of hydrogen-bond donors (Lipinski definition) is 0. The lowest BCUT2D eigenvalue weighted by molar-refractivity contribution is -0.125. The van der Waals surface area contributed by atoms with Crippen LogP contribution in [0.5, 0.6) is 0 Å². The topological polar surface area (TPSA) is 17.1 Å². The van der Waals surface area contributed by atoms with Crippen LogP contribution in [0.15, 0.2) is 12.2 Å². The molecule has 0 aromatic heterocycles. The Morgan fingerprint density at radius 1 is 1.58 bits per heavy atom. The number of carbonyl (C=O) groups excluding carboxylic acids is 1. The van der Waals surface area contributed by atoms with Crippen LogP contribution in [0.3, 0.4) is 0 Å². The summed E-state index contributed by atoms with van der Waals surface area (Å²) in [6, 6.07) is 0. The van der Waals surface area contributed by atoms with Gasteiger partial charge in [0.25, 0.3) is 0 Å². The molecule has 1 nitrogen and oxygen atoms in total. The molecule has 66 valence electrons. The van der Waals surface area contributed by atoms with Gasteiger partial charge in [0.2, 0.25) is 0 Å². The van der Waals surface area contributed by atoms with Gasteiger partial charge in [0.05, 0.1) is 0 Å². The molecule has 0 saturated heterocycles. The average molecular weight is 164 g/mol. The molecule has 3 atom stereocenters. The monoisotopic (exact) mass is 164 g/mol. The Morgan fingerprint density at radius 2 is 2.33 bits per heavy atom. The summed E-state index contributed by atoms with van der Waals surface area (Å²) in [5, 5.41) is 0. The Bertz CT molecular complexity index is 241. The Balaban J connectivity index is 2.23. The molecule has 0 N–H and O–H groups in total. The number of rotatable bonds is 0. The second-order valence-electron chi connectivity index (χ2n) is 4.63. The van der Waals surface area contributed by atoms with E-state index in [4.69, 9.17) is 0 Å². The van der Waals surface area contributed by atoms with E-state index in [0.717, 1.165) is 12.3 Å². The molecule has 0 aliphatic heterocycles. The highest BCUT2D eigenvalue weighted by atomic mass is 16.1. The van der Waals surface area contributed by atoms with Crippen molar-refractivity contribution in [3.63, 3.8) is 0 Å². The standard InChI is InChI=1S/C11H16O/c1-8-5-6-11(2)9(7-8)3-4-10(11)12/h3-4,8-9H,5-7H2,1-2H3. The van der Waals surface area contributed by atoms with Gasteiger partial charge in [-0.25, -0.2) is 0 Å². The first-order valence-corrected chi connectivity index (χ1v) is 4.85. The van der Waals surface area contributed by atoms with E-state index in [2.05, 4.69) is 19.9 Å². The van der Waals surface area contributed by atoms with E-state index in [1.165, 1.54) is 12.8 Å². The summed E-state index contributed by atoms with van der Waals surface area (Å²) < 4.78 is 0. The summed E-state index contributed by atoms with van der Waals surface area (Å²) >= 11 is 0. The van der Waals surface area contributed by atoms with Crippen LogP contribution in [0.4, 0.5) is 0 Å². The van der Waals surface area contributed by atoms with Crippen LogP contribution in [-0.2, 0) is 4.79 Å². The molecule has 0 bridgehead atoms. The highest BCUT2D eigenvalue weighted by Crippen LogP contribution is 2.47. The molecule has 0 amide bonds. The van der Waals surface area contributed by atoms with E-state index in [1.807, 2.05) is 0 Å². The average Bonchev–Trinajstić information content (AvgIpc) is 2.31. The van der Waals surface area contributed by atoms with Gasteiger partial charge in [0, 0.05) is 5.41 Å². The van der Waals surface area contributed by atoms with Crippen molar-refractivity contribution in [2.24, 2.45) is 17.3 Å². The Morgan fingerprint density at radius 3 is 3.08 bits per heavy atom. The molecule has 12 heavy (non-hydrogen) atoms. The summed E-state index contributed by atoms with van der Waals surface area (Å²) in [6.07, 6.45) is 7.44. The van der Waals surface area contributed by atoms with E-state index in [1.54, 1.807) is 6.08 Å². The zero-order valence-corrected chi connectivity index (χ0v) is 7.84. The smallest absolute Gasteiger partial charge is 0.161 e. The predicted octanol–water partition coefficient (Wildman–Crippen LogP) is 2.57. The zero-order chi connectivity index (χ0) is 8.77. The second kappa shape index (κ2) is 2.45. The second-order valence-corrected chi connectivity index (χ2v) is 4.63. The molecule has 0 heterocycles. The summed E-state index contributed by atoms with van der Waals surface area (Å²) in [5.41, 5.74) is -0.0213. The molecule has 2 aliphatic carbocycles. The Kier molecular flexibility index (Phi) is 1.64. The van der Waals surface area contributed by atoms with Crippen molar-refractivity contribution in [2.45, 2.75) is 33.1 Å². The van der Waals surface area contributed by atoms with Gasteiger partial charge in [-0.3, -0.25) is 4.79 Å². The van der Waals surface area contributed by atoms with E-state index < -0.39 is 0 Å². The Labute approximate surface area is 73.8 Å². The molecule has 3 unspecified atom stereocenters. The van der Waals surface area contributed by atoms with Crippen molar-refractivity contribution in [2.75, 3.05) is 0 Å². The van der Waals surface area contributed by atoms with Gasteiger partial charge in [-0.2, -0.15) is 0 Å². The molecule has 1 fully saturated rings. The minimum atomic E-state index is -0.0213. The number of hydrogen-bond acceptors (Lipinski definition) is 1. The third kappa shape index (κ3) is 0.954. The van der Waals surface area contributed by atoms with Gasteiger partial charge in [-0.15, -0.1) is 0 Å². The molecule has 2 aliphatic rings. The van der Waals surface area contributed by atoms with Crippen LogP contribution in [-0.4, -0.2) is 5.78 Å². The maximum absolute atomic E-state index is 11.6. The highest BCUT2D eigenvalue weighted by Gasteiger charge is 2.45. The summed E-state index contributed by atoms with van der Waals surface area (Å²) in [6.45, 7) is 4.42. The molecule has 0 radical (unpaired) electrons. The number of ketones is 1. The summed E-state index contributed by atoms with van der Waals surface area (Å²) in [5.74, 6) is 1.70. The van der Waals surface area contributed by atoms with E-state index >= 15 is 0 Å². The van der Waals surface area contributed by atoms with Gasteiger partial charge in [0.15, 0.2) is 5.78 Å². The van der Waals surface area contributed by atoms with Crippen molar-refractivity contribution in [1.29, 1.82) is 0 Å². The first kappa shape index (κ1) is 8.03. The number of carbonyl (C=O) groups is 1. The van der Waals surface area contributed by atoms with Crippen LogP contribution >= 0.6 is 0 Å². The van der Waals surface area contributed by atoms with Crippen molar-refractivity contribution >= 4 is 5.78 Å². The van der Waals surface area contributed by atoms with Crippen LogP contribution in [0.2, 0.25) is 0 Å². The van der Waals surface area contributed by atoms with Crippen molar-refractivity contribution in [1.82, 2.24) is 0 Å². The molecular weight excluding hydrogens is 148 g/mol. The first-order valence-electron chi connectivity index (χ1n) is 4.85. The van der Waals surface area contributed by atoms with Crippen LogP contribution < -0.4 is 0 Å². The lowest BCUT2D eigenvalue weighted by atomic mass is 9.66. The third-order valence-corrected chi connectivity index (χ3v) is 3.67. The molecule has 0 aromatic rings. The number of allylic oxidation sites excluding steroid dienone is 2. The van der Waals surface area contributed by atoms with Crippen LogP contribution in [0, 0.1) is 17.3 Å². The fourth-order valence-corrected chi connectivity index (χ4v) is 2.53. The quantitative estimate of drug-likeness (QED) is 0.537. The van der Waals surface area contributed by atoms with Gasteiger partial charge in [-0.05, 0) is 37.2 Å². The first-order chi connectivity index (χ1) is 5.63. The Hall–Kier alpha value is -0.590. The van der Waals surface area contributed by atoms with Gasteiger partial charge >= 0.3 is 0 Å². The van der Waals surface area contributed by atoms with Gasteiger partial charge in [-0.1, -0.05) is 19.9 Å². The van der Waals surface area contributed by atoms with E-state index in [-0.39, 0.29) is 5.41 Å². The molecule has 0 spiro atoms. The largest absolute Gasteiger partial charge is 0.294 e. The molecular formula is C11H16O. The minimum Gasteiger partial charge on any atom is -0.294 e. The zero-order valence-electron chi connectivity index (χ0n) is 7.84. The normalized spacial score (nSPS) is 46.3. The summed E-state index contributed by atoms with van der Waals surface area (Å²) in [7, 11) is 0. The molecule has 1 heteroatoms. The maximum Gasteiger partial charge on any atom is 0.161 e. The fraction of sp³-hybridized carbons (Fsp3) is 0.727. The van der Waals surface area contributed by atoms with Crippen LogP contribution in [0.25, 0.3) is 0 Å². The van der Waals surface area contributed by atoms with Crippen LogP contribution in [0.1, 0.15) is 33.1 Å². The highest BCUT2D eigenvalue weighted by molar-refractivity contribution is 5.97. The van der Waals surface area contributed by atoms with Gasteiger partial charge in [0.1, 0.15) is 0 Å².